The van der Waals surface area contributed by atoms with Crippen molar-refractivity contribution in [1.29, 1.82) is 0 Å². The van der Waals surface area contributed by atoms with E-state index in [0.717, 1.165) is 5.56 Å². The number of alkyl carbamates (subject to hydrolysis) is 1. The van der Waals surface area contributed by atoms with E-state index in [4.69, 9.17) is 28.4 Å². The van der Waals surface area contributed by atoms with Crippen LogP contribution in [-0.4, -0.2) is 124 Å². The van der Waals surface area contributed by atoms with Crippen LogP contribution in [0.4, 0.5) is 4.79 Å². The highest BCUT2D eigenvalue weighted by Crippen LogP contribution is 2.37. The van der Waals surface area contributed by atoms with Crippen molar-refractivity contribution in [2.75, 3.05) is 47.9 Å². The number of hydrogen-bond donors (Lipinski definition) is 1. The van der Waals surface area contributed by atoms with Crippen LogP contribution in [0.5, 0.6) is 0 Å². The molecule has 298 valence electrons. The fourth-order valence-electron chi connectivity index (χ4n) is 7.46. The van der Waals surface area contributed by atoms with Crippen molar-refractivity contribution in [3.05, 3.63) is 71.8 Å². The molecule has 2 aromatic rings. The molecular formula is C41H59N3O10. The maximum Gasteiger partial charge on any atom is 0.407 e. The number of methoxy groups -OCH3 is 1. The molecule has 2 aliphatic heterocycles. The number of rotatable bonds is 10. The zero-order chi connectivity index (χ0) is 39.6. The third-order valence-electron chi connectivity index (χ3n) is 10.6. The Hall–Kier alpha value is -3.88. The number of nitrogens with one attached hydrogen (secondary N) is 1. The Bertz CT molecular complexity index is 1530. The average Bonchev–Trinajstić information content (AvgIpc) is 3.16. The number of ether oxygens (including phenoxy) is 6. The van der Waals surface area contributed by atoms with Gasteiger partial charge in [-0.3, -0.25) is 14.5 Å². The summed E-state index contributed by atoms with van der Waals surface area (Å²) >= 11 is 0. The molecule has 54 heavy (non-hydrogen) atoms. The number of nitrogens with zero attached hydrogens (tertiary/aromatic N) is 2. The molecule has 0 spiro atoms. The van der Waals surface area contributed by atoms with Crippen molar-refractivity contribution < 1.29 is 47.6 Å². The number of carbonyl (C=O) groups is 4. The van der Waals surface area contributed by atoms with Crippen LogP contribution in [-0.2, 0) is 44.6 Å². The molecular weight excluding hydrogens is 694 g/mol. The summed E-state index contributed by atoms with van der Waals surface area (Å²) < 4.78 is 36.8. The van der Waals surface area contributed by atoms with E-state index in [1.54, 1.807) is 38.3 Å². The molecule has 4 rings (SSSR count). The van der Waals surface area contributed by atoms with Crippen LogP contribution in [0.1, 0.15) is 63.4 Å². The maximum absolute atomic E-state index is 14.2. The predicted octanol–water partition coefficient (Wildman–Crippen LogP) is 4.72. The maximum atomic E-state index is 14.2. The van der Waals surface area contributed by atoms with Gasteiger partial charge in [-0.25, -0.2) is 9.59 Å². The van der Waals surface area contributed by atoms with E-state index >= 15 is 0 Å². The van der Waals surface area contributed by atoms with E-state index in [1.807, 2.05) is 81.2 Å². The highest BCUT2D eigenvalue weighted by atomic mass is 16.7. The lowest BCUT2D eigenvalue weighted by Gasteiger charge is -2.47. The number of carbonyl (C=O) groups excluding carboxylic acids is 4. The van der Waals surface area contributed by atoms with Crippen molar-refractivity contribution in [2.24, 2.45) is 17.8 Å². The first-order chi connectivity index (χ1) is 25.6. The SMILES string of the molecule is CO[C@]1(C)C[C@@H](C)CN(C)[C@@H](CNC(=O)OCc2ccccc2)COC(=O)C(C)C(=O)[C@H](C)[C@H]1O[C@@H]1O[C@H](C)C[C@H](N(C)C)[C@H]1OC(=O)c1ccccc1. The first kappa shape index (κ1) is 42.9. The van der Waals surface area contributed by atoms with Gasteiger partial charge in [0, 0.05) is 26.1 Å². The molecule has 1 amide bonds. The summed E-state index contributed by atoms with van der Waals surface area (Å²) in [6.45, 7) is 9.87. The number of hydrogen-bond acceptors (Lipinski definition) is 12. The monoisotopic (exact) mass is 753 g/mol. The summed E-state index contributed by atoms with van der Waals surface area (Å²) in [7, 11) is 7.30. The third-order valence-corrected chi connectivity index (χ3v) is 10.6. The molecule has 0 bridgehead atoms. The van der Waals surface area contributed by atoms with Crippen molar-refractivity contribution >= 4 is 23.8 Å². The highest BCUT2D eigenvalue weighted by Gasteiger charge is 2.50. The van der Waals surface area contributed by atoms with Gasteiger partial charge in [0.1, 0.15) is 19.1 Å². The van der Waals surface area contributed by atoms with Crippen molar-refractivity contribution in [1.82, 2.24) is 15.1 Å². The van der Waals surface area contributed by atoms with Crippen LogP contribution in [0, 0.1) is 17.8 Å². The molecule has 2 fully saturated rings. The number of likely N-dealkylation sites (N-methyl/N-ethyl adjacent to an activating group) is 2. The van der Waals surface area contributed by atoms with Gasteiger partial charge in [-0.2, -0.15) is 0 Å². The number of benzene rings is 2. The van der Waals surface area contributed by atoms with E-state index in [0.29, 0.717) is 24.9 Å². The standard InChI is InChI=1S/C41H59N3O10/c1-26-21-41(5,49-9)36(54-39-35(33(43(6)7)20-27(2)52-39)53-38(47)31-18-14-11-15-19-31)28(3)34(45)29(4)37(46)50-25-32(44(8)23-26)22-42-40(48)51-24-30-16-12-10-13-17-30/h10-19,26-29,32-33,35-36,39H,20-25H2,1-9H3,(H,42,48)/t26-,27-,28+,29?,32+,33+,35-,36-,39+,41-/m1/s1. The lowest BCUT2D eigenvalue weighted by atomic mass is 9.78. The third kappa shape index (κ3) is 11.3. The second-order valence-electron chi connectivity index (χ2n) is 15.3. The lowest BCUT2D eigenvalue weighted by Crippen LogP contribution is -2.60. The van der Waals surface area contributed by atoms with E-state index < -0.39 is 65.8 Å². The van der Waals surface area contributed by atoms with Crippen LogP contribution in [0.25, 0.3) is 0 Å². The van der Waals surface area contributed by atoms with E-state index in [9.17, 15) is 19.2 Å². The Balaban J connectivity index is 1.59. The summed E-state index contributed by atoms with van der Waals surface area (Å²) in [5, 5.41) is 2.80. The normalized spacial score (nSPS) is 31.7. The van der Waals surface area contributed by atoms with Crippen LogP contribution < -0.4 is 5.32 Å². The van der Waals surface area contributed by atoms with Crippen molar-refractivity contribution in [3.63, 3.8) is 0 Å². The fourth-order valence-corrected chi connectivity index (χ4v) is 7.46. The Kier molecular flexibility index (Phi) is 15.6. The predicted molar refractivity (Wildman–Crippen MR) is 201 cm³/mol. The van der Waals surface area contributed by atoms with Gasteiger partial charge in [-0.1, -0.05) is 62.4 Å². The van der Waals surface area contributed by atoms with Gasteiger partial charge in [-0.05, 0) is 78.4 Å². The van der Waals surface area contributed by atoms with E-state index in [-0.39, 0.29) is 37.8 Å². The van der Waals surface area contributed by atoms with Gasteiger partial charge in [0.05, 0.1) is 35.5 Å². The molecule has 10 atom stereocenters. The number of ketones is 1. The second-order valence-corrected chi connectivity index (χ2v) is 15.3. The lowest BCUT2D eigenvalue weighted by molar-refractivity contribution is -0.294. The minimum atomic E-state index is -1.13. The average molecular weight is 754 g/mol. The molecule has 1 N–H and O–H groups in total. The zero-order valence-corrected chi connectivity index (χ0v) is 33.2. The minimum Gasteiger partial charge on any atom is -0.463 e. The Morgan fingerprint density at radius 1 is 1.00 bits per heavy atom. The smallest absolute Gasteiger partial charge is 0.407 e. The Morgan fingerprint density at radius 3 is 2.28 bits per heavy atom. The summed E-state index contributed by atoms with van der Waals surface area (Å²) in [4.78, 5) is 57.7. The number of esters is 2. The molecule has 2 aromatic carbocycles. The number of amides is 1. The topological polar surface area (TPSA) is 142 Å². The van der Waals surface area contributed by atoms with Gasteiger partial charge < -0.3 is 38.6 Å². The molecule has 2 saturated heterocycles. The number of cyclic esters (lactones) is 1. The van der Waals surface area contributed by atoms with Crippen LogP contribution in [0.2, 0.25) is 0 Å². The van der Waals surface area contributed by atoms with Gasteiger partial charge in [0.2, 0.25) is 0 Å². The quantitative estimate of drug-likeness (QED) is 0.204. The molecule has 2 heterocycles. The Morgan fingerprint density at radius 2 is 1.65 bits per heavy atom. The molecule has 0 radical (unpaired) electrons. The molecule has 13 nitrogen and oxygen atoms in total. The summed E-state index contributed by atoms with van der Waals surface area (Å²) in [6, 6.07) is 17.4. The zero-order valence-electron chi connectivity index (χ0n) is 33.2. The van der Waals surface area contributed by atoms with Gasteiger partial charge in [0.15, 0.2) is 18.2 Å². The molecule has 2 aliphatic rings. The van der Waals surface area contributed by atoms with Crippen LogP contribution in [0.15, 0.2) is 60.7 Å². The molecule has 1 unspecified atom stereocenters. The first-order valence-corrected chi connectivity index (χ1v) is 18.8. The molecule has 0 aromatic heterocycles. The first-order valence-electron chi connectivity index (χ1n) is 18.8. The minimum absolute atomic E-state index is 0.0258. The summed E-state index contributed by atoms with van der Waals surface area (Å²) in [5.74, 6) is -3.61. The van der Waals surface area contributed by atoms with E-state index in [2.05, 4.69) is 12.2 Å². The molecule has 0 saturated carbocycles. The number of Topliss-reactive ketones (excluding diaryl/α,β-unsaturated/α-hetero) is 1. The van der Waals surface area contributed by atoms with E-state index in [1.165, 1.54) is 6.92 Å². The Labute approximate surface area is 319 Å². The van der Waals surface area contributed by atoms with Crippen molar-refractivity contribution in [2.45, 2.75) is 96.4 Å². The fraction of sp³-hybridized carbons (Fsp3) is 0.610. The van der Waals surface area contributed by atoms with Gasteiger partial charge in [-0.15, -0.1) is 0 Å². The molecule has 0 aliphatic carbocycles. The summed E-state index contributed by atoms with van der Waals surface area (Å²) in [5.41, 5.74) is 0.188. The van der Waals surface area contributed by atoms with Gasteiger partial charge >= 0.3 is 18.0 Å². The van der Waals surface area contributed by atoms with Crippen LogP contribution >= 0.6 is 0 Å². The van der Waals surface area contributed by atoms with Crippen LogP contribution in [0.3, 0.4) is 0 Å². The van der Waals surface area contributed by atoms with Crippen molar-refractivity contribution in [3.8, 4) is 0 Å². The summed E-state index contributed by atoms with van der Waals surface area (Å²) in [6.07, 6.45) is -2.66. The van der Waals surface area contributed by atoms with Gasteiger partial charge in [0.25, 0.3) is 0 Å². The second kappa shape index (κ2) is 19.6. The largest absolute Gasteiger partial charge is 0.463 e. The highest BCUT2D eigenvalue weighted by molar-refractivity contribution is 6.00. The molecule has 13 heteroatoms.